The van der Waals surface area contributed by atoms with E-state index in [9.17, 15) is 9.90 Å². The van der Waals surface area contributed by atoms with E-state index >= 15 is 0 Å². The van der Waals surface area contributed by atoms with Crippen molar-refractivity contribution >= 4 is 22.7 Å². The van der Waals surface area contributed by atoms with Crippen molar-refractivity contribution in [3.63, 3.8) is 0 Å². The number of carbonyl (C=O) groups excluding carboxylic acids is 1. The van der Waals surface area contributed by atoms with Crippen LogP contribution in [0.4, 0.5) is 0 Å². The number of phenolic OH excluding ortho intramolecular Hbond substituents is 1. The van der Waals surface area contributed by atoms with Gasteiger partial charge in [0, 0.05) is 53.8 Å². The topological polar surface area (TPSA) is 106 Å². The van der Waals surface area contributed by atoms with Gasteiger partial charge in [-0.2, -0.15) is 0 Å². The van der Waals surface area contributed by atoms with Crippen molar-refractivity contribution in [2.45, 2.75) is 26.9 Å². The Labute approximate surface area is 182 Å². The molecule has 0 aliphatic heterocycles. The minimum Gasteiger partial charge on any atom is -0.507 e. The summed E-state index contributed by atoms with van der Waals surface area (Å²) < 4.78 is 7.36. The van der Waals surface area contributed by atoms with E-state index in [2.05, 4.69) is 9.98 Å². The Bertz CT molecular complexity index is 1130. The Balaban J connectivity index is 2.44. The predicted octanol–water partition coefficient (Wildman–Crippen LogP) is 3.06. The molecule has 0 saturated carbocycles. The van der Waals surface area contributed by atoms with Crippen LogP contribution in [0.25, 0.3) is 22.0 Å². The van der Waals surface area contributed by atoms with Gasteiger partial charge in [-0.05, 0) is 40.1 Å². The summed E-state index contributed by atoms with van der Waals surface area (Å²) in [5, 5.41) is 11.9. The summed E-state index contributed by atoms with van der Waals surface area (Å²) in [6, 6.07) is 5.57. The number of phenols is 1. The standard InChI is InChI=1S/C23H29N5O3/c1-6-31-23(30)21-19(13-27(3)4)28(5)18-10-16(15-8-7-9-25-11-15)22(29)17(20(18)21)12-26-14(2)24/h7-11,29H,6,12-13H2,1-5H3,(H2,24,26). The molecule has 8 heteroatoms. The third kappa shape index (κ3) is 4.39. The number of aromatic hydroxyl groups is 1. The number of hydrogen-bond acceptors (Lipinski definition) is 6. The number of hydrogen-bond donors (Lipinski definition) is 2. The molecule has 0 spiro atoms. The fourth-order valence-corrected chi connectivity index (χ4v) is 3.72. The minimum absolute atomic E-state index is 0.0538. The quantitative estimate of drug-likeness (QED) is 0.344. The Morgan fingerprint density at radius 1 is 1.39 bits per heavy atom. The monoisotopic (exact) mass is 423 g/mol. The van der Waals surface area contributed by atoms with Crippen molar-refractivity contribution in [3.05, 3.63) is 47.4 Å². The van der Waals surface area contributed by atoms with Crippen LogP contribution in [0.3, 0.4) is 0 Å². The number of ether oxygens (including phenoxy) is 1. The van der Waals surface area contributed by atoms with Crippen LogP contribution in [0.15, 0.2) is 35.6 Å². The number of fused-ring (bicyclic) bond motifs is 1. The van der Waals surface area contributed by atoms with Gasteiger partial charge in [-0.25, -0.2) is 4.79 Å². The first-order valence-electron chi connectivity index (χ1n) is 10.1. The number of aromatic nitrogens is 2. The minimum atomic E-state index is -0.423. The average molecular weight is 424 g/mol. The van der Waals surface area contributed by atoms with Crippen molar-refractivity contribution in [2.24, 2.45) is 17.8 Å². The van der Waals surface area contributed by atoms with E-state index in [4.69, 9.17) is 10.5 Å². The largest absolute Gasteiger partial charge is 0.507 e. The van der Waals surface area contributed by atoms with Crippen LogP contribution in [0.5, 0.6) is 5.75 Å². The average Bonchev–Trinajstić information content (AvgIpc) is 2.98. The smallest absolute Gasteiger partial charge is 0.340 e. The number of nitrogens with two attached hydrogens (primary N) is 1. The maximum absolute atomic E-state index is 13.0. The lowest BCUT2D eigenvalue weighted by atomic mass is 9.96. The first-order chi connectivity index (χ1) is 14.8. The van der Waals surface area contributed by atoms with Crippen LogP contribution >= 0.6 is 0 Å². The van der Waals surface area contributed by atoms with Crippen molar-refractivity contribution in [3.8, 4) is 16.9 Å². The molecule has 0 radical (unpaired) electrons. The van der Waals surface area contributed by atoms with Gasteiger partial charge in [-0.15, -0.1) is 0 Å². The molecule has 2 aromatic heterocycles. The van der Waals surface area contributed by atoms with Crippen LogP contribution in [0.1, 0.15) is 35.5 Å². The number of aryl methyl sites for hydroxylation is 1. The summed E-state index contributed by atoms with van der Waals surface area (Å²) in [6.45, 7) is 4.38. The maximum atomic E-state index is 13.0. The molecule has 0 aliphatic rings. The number of amidine groups is 1. The second-order valence-electron chi connectivity index (χ2n) is 7.68. The Hall–Kier alpha value is -3.39. The van der Waals surface area contributed by atoms with Gasteiger partial charge in [0.2, 0.25) is 0 Å². The third-order valence-electron chi connectivity index (χ3n) is 5.09. The van der Waals surface area contributed by atoms with Gasteiger partial charge in [-0.3, -0.25) is 9.98 Å². The number of nitrogens with zero attached hydrogens (tertiary/aromatic N) is 4. The van der Waals surface area contributed by atoms with Crippen LogP contribution in [-0.4, -0.2) is 52.1 Å². The molecule has 3 N–H and O–H groups in total. The highest BCUT2D eigenvalue weighted by Crippen LogP contribution is 2.41. The number of benzene rings is 1. The second kappa shape index (κ2) is 9.18. The molecule has 0 unspecified atom stereocenters. The Morgan fingerprint density at radius 2 is 2.13 bits per heavy atom. The first-order valence-corrected chi connectivity index (χ1v) is 10.1. The summed E-state index contributed by atoms with van der Waals surface area (Å²) in [5.41, 5.74) is 9.75. The zero-order valence-electron chi connectivity index (χ0n) is 18.6. The molecule has 31 heavy (non-hydrogen) atoms. The van der Waals surface area contributed by atoms with Crippen molar-refractivity contribution in [1.29, 1.82) is 0 Å². The van der Waals surface area contributed by atoms with Gasteiger partial charge in [0.05, 0.1) is 30.1 Å². The highest BCUT2D eigenvalue weighted by atomic mass is 16.5. The Kier molecular flexibility index (Phi) is 6.60. The molecule has 0 fully saturated rings. The SMILES string of the molecule is CCOC(=O)c1c(CN(C)C)n(C)c2cc(-c3cccnc3)c(O)c(CN=C(C)N)c12. The molecule has 0 bridgehead atoms. The van der Waals surface area contributed by atoms with E-state index in [1.54, 1.807) is 26.2 Å². The van der Waals surface area contributed by atoms with E-state index < -0.39 is 5.97 Å². The molecule has 0 saturated heterocycles. The molecule has 3 aromatic rings. The van der Waals surface area contributed by atoms with E-state index in [1.807, 2.05) is 48.8 Å². The van der Waals surface area contributed by atoms with Gasteiger partial charge in [0.15, 0.2) is 0 Å². The fourth-order valence-electron chi connectivity index (χ4n) is 3.72. The summed E-state index contributed by atoms with van der Waals surface area (Å²) >= 11 is 0. The number of rotatable bonds is 7. The summed E-state index contributed by atoms with van der Waals surface area (Å²) in [6.07, 6.45) is 3.37. The van der Waals surface area contributed by atoms with Gasteiger partial charge in [-0.1, -0.05) is 6.07 Å². The molecular formula is C23H29N5O3. The van der Waals surface area contributed by atoms with Gasteiger partial charge in [0.1, 0.15) is 5.75 Å². The van der Waals surface area contributed by atoms with E-state index in [0.29, 0.717) is 34.5 Å². The fraction of sp³-hybridized carbons (Fsp3) is 0.348. The normalized spacial score (nSPS) is 12.0. The molecular weight excluding hydrogens is 394 g/mol. The first kappa shape index (κ1) is 22.3. The molecule has 0 aliphatic carbocycles. The highest BCUT2D eigenvalue weighted by Gasteiger charge is 2.28. The predicted molar refractivity (Wildman–Crippen MR) is 122 cm³/mol. The molecule has 8 nitrogen and oxygen atoms in total. The van der Waals surface area contributed by atoms with Crippen LogP contribution < -0.4 is 5.73 Å². The molecule has 2 heterocycles. The summed E-state index contributed by atoms with van der Waals surface area (Å²) in [5.74, 6) is 0.0210. The van der Waals surface area contributed by atoms with E-state index in [-0.39, 0.29) is 18.9 Å². The van der Waals surface area contributed by atoms with Crippen molar-refractivity contribution in [1.82, 2.24) is 14.5 Å². The van der Waals surface area contributed by atoms with Crippen molar-refractivity contribution in [2.75, 3.05) is 20.7 Å². The zero-order chi connectivity index (χ0) is 22.7. The summed E-state index contributed by atoms with van der Waals surface area (Å²) in [4.78, 5) is 23.5. The number of carbonyl (C=O) groups is 1. The molecule has 0 atom stereocenters. The second-order valence-corrected chi connectivity index (χ2v) is 7.68. The lowest BCUT2D eigenvalue weighted by Gasteiger charge is -2.13. The molecule has 164 valence electrons. The Morgan fingerprint density at radius 3 is 2.71 bits per heavy atom. The van der Waals surface area contributed by atoms with E-state index in [1.165, 1.54) is 0 Å². The summed E-state index contributed by atoms with van der Waals surface area (Å²) in [7, 11) is 5.79. The molecule has 3 rings (SSSR count). The molecule has 0 amide bonds. The lowest BCUT2D eigenvalue weighted by molar-refractivity contribution is 0.0526. The zero-order valence-corrected chi connectivity index (χ0v) is 18.6. The van der Waals surface area contributed by atoms with Gasteiger partial charge < -0.3 is 25.0 Å². The maximum Gasteiger partial charge on any atom is 0.340 e. The van der Waals surface area contributed by atoms with Crippen molar-refractivity contribution < 1.29 is 14.6 Å². The number of aliphatic imine (C=N–C) groups is 1. The van der Waals surface area contributed by atoms with E-state index in [0.717, 1.165) is 16.8 Å². The van der Waals surface area contributed by atoms with Crippen LogP contribution in [0, 0.1) is 0 Å². The lowest BCUT2D eigenvalue weighted by Crippen LogP contribution is -2.17. The van der Waals surface area contributed by atoms with Crippen LogP contribution in [-0.2, 0) is 24.9 Å². The highest BCUT2D eigenvalue weighted by molar-refractivity contribution is 6.09. The number of esters is 1. The van der Waals surface area contributed by atoms with Gasteiger partial charge in [0.25, 0.3) is 0 Å². The molecule has 1 aromatic carbocycles. The number of pyridine rings is 1. The van der Waals surface area contributed by atoms with Gasteiger partial charge >= 0.3 is 5.97 Å². The van der Waals surface area contributed by atoms with Crippen LogP contribution in [0.2, 0.25) is 0 Å². The third-order valence-corrected chi connectivity index (χ3v) is 5.09.